The van der Waals surface area contributed by atoms with E-state index in [0.717, 1.165) is 0 Å². The van der Waals surface area contributed by atoms with Gasteiger partial charge in [-0.15, -0.1) is 0 Å². The fraction of sp³-hybridized carbons (Fsp3) is 0.353. The number of carbonyl (C=O) groups is 2. The number of hydrogen-bond donors (Lipinski definition) is 1. The van der Waals surface area contributed by atoms with Gasteiger partial charge in [-0.05, 0) is 18.2 Å². The molecule has 0 spiro atoms. The van der Waals surface area contributed by atoms with Crippen LogP contribution in [0, 0.1) is 5.92 Å². The van der Waals surface area contributed by atoms with Crippen LogP contribution in [-0.2, 0) is 9.84 Å². The summed E-state index contributed by atoms with van der Waals surface area (Å²) in [5.74, 6) is -1.06. The number of amides is 2. The van der Waals surface area contributed by atoms with Gasteiger partial charge in [0.05, 0.1) is 28.4 Å². The maximum Gasteiger partial charge on any atom is 0.255 e. The van der Waals surface area contributed by atoms with Crippen molar-refractivity contribution in [2.45, 2.75) is 11.3 Å². The number of aromatic nitrogens is 1. The van der Waals surface area contributed by atoms with Gasteiger partial charge >= 0.3 is 0 Å². The second-order valence-corrected chi connectivity index (χ2v) is 8.84. The average Bonchev–Trinajstić information content (AvgIpc) is 3.34. The van der Waals surface area contributed by atoms with E-state index in [9.17, 15) is 18.0 Å². The summed E-state index contributed by atoms with van der Waals surface area (Å²) in [5.41, 5.74) is 0.760. The SMILES string of the molecule is O=C(N[C@H]1CS(=O)(=O)[C@H]2CN(C(=O)c3cccnc3)C[C@@H]12)c1ccoc1. The number of sulfone groups is 1. The number of fused-ring (bicyclic) bond motifs is 1. The zero-order valence-corrected chi connectivity index (χ0v) is 14.6. The van der Waals surface area contributed by atoms with Crippen LogP contribution >= 0.6 is 0 Å². The Labute approximate surface area is 150 Å². The minimum absolute atomic E-state index is 0.110. The Hall–Kier alpha value is -2.68. The molecule has 8 nitrogen and oxygen atoms in total. The van der Waals surface area contributed by atoms with Crippen molar-refractivity contribution >= 4 is 21.7 Å². The molecule has 136 valence electrons. The highest BCUT2D eigenvalue weighted by molar-refractivity contribution is 7.92. The van der Waals surface area contributed by atoms with Gasteiger partial charge in [-0.1, -0.05) is 0 Å². The van der Waals surface area contributed by atoms with E-state index in [1.165, 1.54) is 29.7 Å². The van der Waals surface area contributed by atoms with Crippen LogP contribution in [0.2, 0.25) is 0 Å². The maximum atomic E-state index is 12.6. The van der Waals surface area contributed by atoms with Crippen LogP contribution in [0.15, 0.2) is 47.5 Å². The zero-order valence-electron chi connectivity index (χ0n) is 13.7. The van der Waals surface area contributed by atoms with Crippen molar-refractivity contribution < 1.29 is 22.4 Å². The van der Waals surface area contributed by atoms with Gasteiger partial charge in [0.1, 0.15) is 6.26 Å². The lowest BCUT2D eigenvalue weighted by molar-refractivity contribution is 0.0783. The Morgan fingerprint density at radius 2 is 2.08 bits per heavy atom. The molecule has 0 unspecified atom stereocenters. The average molecular weight is 375 g/mol. The first-order valence-corrected chi connectivity index (χ1v) is 9.91. The third-order valence-electron chi connectivity index (χ3n) is 4.99. The second-order valence-electron chi connectivity index (χ2n) is 6.58. The highest BCUT2D eigenvalue weighted by atomic mass is 32.2. The standard InChI is InChI=1S/C17H17N3O5S/c21-16(12-3-5-25-9-12)19-14-10-26(23,24)15-8-20(7-13(14)15)17(22)11-2-1-4-18-6-11/h1-6,9,13-15H,7-8,10H2,(H,19,21)/t13-,14-,15-/m0/s1. The van der Waals surface area contributed by atoms with E-state index in [0.29, 0.717) is 11.1 Å². The predicted molar refractivity (Wildman–Crippen MR) is 91.2 cm³/mol. The summed E-state index contributed by atoms with van der Waals surface area (Å²) in [7, 11) is -3.38. The van der Waals surface area contributed by atoms with E-state index in [-0.39, 0.29) is 36.6 Å². The summed E-state index contributed by atoms with van der Waals surface area (Å²) in [6.07, 6.45) is 5.72. The van der Waals surface area contributed by atoms with Crippen molar-refractivity contribution in [2.75, 3.05) is 18.8 Å². The van der Waals surface area contributed by atoms with E-state index in [4.69, 9.17) is 4.42 Å². The van der Waals surface area contributed by atoms with Crippen molar-refractivity contribution in [3.63, 3.8) is 0 Å². The summed E-state index contributed by atoms with van der Waals surface area (Å²) in [6.45, 7) is 0.423. The molecule has 4 heterocycles. The molecular formula is C17H17N3O5S. The van der Waals surface area contributed by atoms with Crippen LogP contribution in [0.4, 0.5) is 0 Å². The van der Waals surface area contributed by atoms with Gasteiger partial charge in [0.15, 0.2) is 9.84 Å². The molecule has 0 saturated carbocycles. The number of pyridine rings is 1. The summed E-state index contributed by atoms with van der Waals surface area (Å²) < 4.78 is 29.9. The monoisotopic (exact) mass is 375 g/mol. The molecule has 1 N–H and O–H groups in total. The second kappa shape index (κ2) is 6.24. The zero-order chi connectivity index (χ0) is 18.3. The quantitative estimate of drug-likeness (QED) is 0.829. The number of furan rings is 1. The normalized spacial score (nSPS) is 26.5. The van der Waals surface area contributed by atoms with Gasteiger partial charge in [-0.2, -0.15) is 0 Å². The van der Waals surface area contributed by atoms with Gasteiger partial charge < -0.3 is 14.6 Å². The Morgan fingerprint density at radius 1 is 1.23 bits per heavy atom. The molecule has 2 fully saturated rings. The summed E-state index contributed by atoms with van der Waals surface area (Å²) in [6, 6.07) is 4.30. The topological polar surface area (TPSA) is 110 Å². The number of likely N-dealkylation sites (tertiary alicyclic amines) is 1. The van der Waals surface area contributed by atoms with E-state index >= 15 is 0 Å². The first-order chi connectivity index (χ1) is 12.5. The van der Waals surface area contributed by atoms with Crippen LogP contribution in [-0.4, -0.2) is 60.3 Å². The molecule has 4 rings (SSSR count). The number of nitrogens with one attached hydrogen (secondary N) is 1. The molecule has 26 heavy (non-hydrogen) atoms. The van der Waals surface area contributed by atoms with E-state index in [1.807, 2.05) is 0 Å². The van der Waals surface area contributed by atoms with Crippen LogP contribution in [0.3, 0.4) is 0 Å². The van der Waals surface area contributed by atoms with Crippen molar-refractivity contribution in [3.05, 3.63) is 54.2 Å². The minimum Gasteiger partial charge on any atom is -0.472 e. The Morgan fingerprint density at radius 3 is 2.77 bits per heavy atom. The van der Waals surface area contributed by atoms with Crippen LogP contribution in [0.25, 0.3) is 0 Å². The molecule has 2 aliphatic heterocycles. The van der Waals surface area contributed by atoms with Crippen molar-refractivity contribution in [1.29, 1.82) is 0 Å². The molecule has 0 aromatic carbocycles. The lowest BCUT2D eigenvalue weighted by Gasteiger charge is -2.20. The number of carbonyl (C=O) groups excluding carboxylic acids is 2. The van der Waals surface area contributed by atoms with Gasteiger partial charge in [0, 0.05) is 37.4 Å². The Balaban J connectivity index is 1.52. The van der Waals surface area contributed by atoms with Gasteiger partial charge in [0.2, 0.25) is 0 Å². The largest absolute Gasteiger partial charge is 0.472 e. The highest BCUT2D eigenvalue weighted by Crippen LogP contribution is 2.34. The van der Waals surface area contributed by atoms with Gasteiger partial charge in [0.25, 0.3) is 11.8 Å². The maximum absolute atomic E-state index is 12.6. The molecule has 2 aromatic rings. The van der Waals surface area contributed by atoms with Crippen LogP contribution in [0.5, 0.6) is 0 Å². The summed E-state index contributed by atoms with van der Waals surface area (Å²) in [5, 5.41) is 2.12. The Bertz CT molecular complexity index is 927. The van der Waals surface area contributed by atoms with Gasteiger partial charge in [-0.25, -0.2) is 8.42 Å². The highest BCUT2D eigenvalue weighted by Gasteiger charge is 2.53. The van der Waals surface area contributed by atoms with Crippen molar-refractivity contribution in [3.8, 4) is 0 Å². The lowest BCUT2D eigenvalue weighted by atomic mass is 10.0. The van der Waals surface area contributed by atoms with Crippen LogP contribution < -0.4 is 5.32 Å². The lowest BCUT2D eigenvalue weighted by Crippen LogP contribution is -2.42. The molecule has 0 aliphatic carbocycles. The first-order valence-electron chi connectivity index (χ1n) is 8.19. The third-order valence-corrected chi connectivity index (χ3v) is 7.24. The molecular weight excluding hydrogens is 358 g/mol. The molecule has 2 amide bonds. The smallest absolute Gasteiger partial charge is 0.255 e. The number of hydrogen-bond acceptors (Lipinski definition) is 6. The van der Waals surface area contributed by atoms with E-state index in [2.05, 4.69) is 10.3 Å². The molecule has 2 saturated heterocycles. The fourth-order valence-corrected chi connectivity index (χ4v) is 5.99. The summed E-state index contributed by atoms with van der Waals surface area (Å²) in [4.78, 5) is 30.3. The molecule has 2 aliphatic rings. The molecule has 2 aromatic heterocycles. The fourth-order valence-electron chi connectivity index (χ4n) is 3.69. The first kappa shape index (κ1) is 16.8. The number of rotatable bonds is 3. The number of nitrogens with zero attached hydrogens (tertiary/aromatic N) is 2. The minimum atomic E-state index is -3.38. The van der Waals surface area contributed by atoms with E-state index in [1.54, 1.807) is 18.3 Å². The van der Waals surface area contributed by atoms with E-state index < -0.39 is 21.1 Å². The molecule has 3 atom stereocenters. The van der Waals surface area contributed by atoms with Crippen molar-refractivity contribution in [1.82, 2.24) is 15.2 Å². The molecule has 0 bridgehead atoms. The molecule has 9 heteroatoms. The van der Waals surface area contributed by atoms with Gasteiger partial charge in [-0.3, -0.25) is 14.6 Å². The third kappa shape index (κ3) is 2.88. The predicted octanol–water partition coefficient (Wildman–Crippen LogP) is 0.342. The van der Waals surface area contributed by atoms with Crippen molar-refractivity contribution in [2.24, 2.45) is 5.92 Å². The van der Waals surface area contributed by atoms with Crippen LogP contribution in [0.1, 0.15) is 20.7 Å². The molecule has 0 radical (unpaired) electrons. The Kier molecular flexibility index (Phi) is 4.03. The summed E-state index contributed by atoms with van der Waals surface area (Å²) >= 11 is 0.